The molecule has 0 saturated carbocycles. The lowest BCUT2D eigenvalue weighted by Gasteiger charge is -2.20. The van der Waals surface area contributed by atoms with Crippen molar-refractivity contribution in [1.82, 2.24) is 15.5 Å². The van der Waals surface area contributed by atoms with Gasteiger partial charge in [-0.1, -0.05) is 41.1 Å². The Labute approximate surface area is 175 Å². The van der Waals surface area contributed by atoms with Crippen molar-refractivity contribution in [3.05, 3.63) is 63.4 Å². The van der Waals surface area contributed by atoms with E-state index in [1.54, 1.807) is 0 Å². The van der Waals surface area contributed by atoms with Crippen molar-refractivity contribution in [2.75, 3.05) is 11.3 Å². The van der Waals surface area contributed by atoms with Crippen LogP contribution in [0.2, 0.25) is 5.02 Å². The zero-order valence-corrected chi connectivity index (χ0v) is 17.4. The van der Waals surface area contributed by atoms with Crippen LogP contribution >= 0.6 is 22.9 Å². The molecule has 2 aromatic carbocycles. The van der Waals surface area contributed by atoms with E-state index < -0.39 is 20.7 Å². The molecule has 0 spiro atoms. The van der Waals surface area contributed by atoms with Crippen LogP contribution in [0.25, 0.3) is 0 Å². The van der Waals surface area contributed by atoms with Crippen molar-refractivity contribution in [3.63, 3.8) is 0 Å². The second-order valence-electron chi connectivity index (χ2n) is 6.33. The third-order valence-corrected chi connectivity index (χ3v) is 6.87. The summed E-state index contributed by atoms with van der Waals surface area (Å²) in [4.78, 5) is -0.591. The Hall–Kier alpha value is -2.27. The first-order valence-electron chi connectivity index (χ1n) is 8.65. The molecule has 1 aromatic heterocycles. The van der Waals surface area contributed by atoms with Gasteiger partial charge in [-0.05, 0) is 35.7 Å². The molecule has 0 saturated heterocycles. The summed E-state index contributed by atoms with van der Waals surface area (Å²) in [5.74, 6) is -0.904. The Balaban J connectivity index is 1.55. The fourth-order valence-electron chi connectivity index (χ4n) is 3.09. The highest BCUT2D eigenvalue weighted by Gasteiger charge is 2.23. The number of halogens is 2. The minimum Gasteiger partial charge on any atom is -0.487 e. The highest BCUT2D eigenvalue weighted by atomic mass is 35.5. The average Bonchev–Trinajstić information content (AvgIpc) is 3.20. The van der Waals surface area contributed by atoms with E-state index in [0.29, 0.717) is 0 Å². The van der Waals surface area contributed by atoms with E-state index in [1.807, 2.05) is 12.1 Å². The van der Waals surface area contributed by atoms with Crippen LogP contribution in [-0.4, -0.2) is 25.2 Å². The average molecular weight is 455 g/mol. The zero-order chi connectivity index (χ0) is 20.4. The van der Waals surface area contributed by atoms with Gasteiger partial charge in [-0.15, -0.1) is 10.2 Å². The second kappa shape index (κ2) is 8.23. The molecule has 1 aliphatic heterocycles. The highest BCUT2D eigenvalue weighted by Crippen LogP contribution is 2.32. The van der Waals surface area contributed by atoms with E-state index >= 15 is 0 Å². The number of nitrogens with zero attached hydrogens (tertiary/aromatic N) is 2. The lowest BCUT2D eigenvalue weighted by Crippen LogP contribution is -2.25. The smallest absolute Gasteiger partial charge is 0.266 e. The van der Waals surface area contributed by atoms with E-state index in [1.165, 1.54) is 11.1 Å². The minimum atomic E-state index is -4.20. The lowest BCUT2D eigenvalue weighted by molar-refractivity contribution is 0.302. The van der Waals surface area contributed by atoms with Gasteiger partial charge in [0.1, 0.15) is 28.6 Å². The summed E-state index contributed by atoms with van der Waals surface area (Å²) >= 11 is 7.15. The van der Waals surface area contributed by atoms with Crippen LogP contribution in [-0.2, 0) is 29.6 Å². The minimum absolute atomic E-state index is 0.00744. The van der Waals surface area contributed by atoms with Crippen LogP contribution in [0, 0.1) is 5.82 Å². The van der Waals surface area contributed by atoms with Crippen LogP contribution in [0.1, 0.15) is 16.7 Å². The summed E-state index contributed by atoms with van der Waals surface area (Å²) in [7, 11) is -4.20. The summed E-state index contributed by atoms with van der Waals surface area (Å²) in [5, 5.41) is 10.5. The zero-order valence-electron chi connectivity index (χ0n) is 15.0. The summed E-state index contributed by atoms with van der Waals surface area (Å²) in [5.41, 5.74) is 4.75. The van der Waals surface area contributed by atoms with Gasteiger partial charge in [0.25, 0.3) is 10.0 Å². The molecule has 152 valence electrons. The quantitative estimate of drug-likeness (QED) is 0.593. The summed E-state index contributed by atoms with van der Waals surface area (Å²) in [6.45, 7) is 1.86. The van der Waals surface area contributed by atoms with Crippen molar-refractivity contribution in [1.29, 1.82) is 0 Å². The molecule has 0 bridgehead atoms. The number of fused-ring (bicyclic) bond motifs is 1. The highest BCUT2D eigenvalue weighted by molar-refractivity contribution is 7.93. The van der Waals surface area contributed by atoms with Crippen molar-refractivity contribution >= 4 is 38.1 Å². The monoisotopic (exact) mass is 454 g/mol. The number of hydrogen-bond donors (Lipinski definition) is 2. The Morgan fingerprint density at radius 3 is 3.00 bits per heavy atom. The van der Waals surface area contributed by atoms with E-state index in [2.05, 4.69) is 26.3 Å². The molecule has 2 heterocycles. The predicted molar refractivity (Wildman–Crippen MR) is 108 cm³/mol. The van der Waals surface area contributed by atoms with Gasteiger partial charge < -0.3 is 10.1 Å². The molecule has 1 aliphatic rings. The Morgan fingerprint density at radius 1 is 1.34 bits per heavy atom. The molecule has 29 heavy (non-hydrogen) atoms. The van der Waals surface area contributed by atoms with Gasteiger partial charge in [-0.25, -0.2) is 12.8 Å². The molecule has 0 aliphatic carbocycles. The molecule has 3 aromatic rings. The number of hydrogen-bond acceptors (Lipinski definition) is 7. The number of anilines is 1. The molecule has 2 N–H and O–H groups in total. The van der Waals surface area contributed by atoms with Gasteiger partial charge in [-0.2, -0.15) is 0 Å². The van der Waals surface area contributed by atoms with Crippen LogP contribution < -0.4 is 14.8 Å². The summed E-state index contributed by atoms with van der Waals surface area (Å²) < 4.78 is 47.2. The van der Waals surface area contributed by atoms with Crippen molar-refractivity contribution in [2.45, 2.75) is 24.5 Å². The molecule has 0 atom stereocenters. The molecular formula is C18H16ClFN4O3S2. The first-order chi connectivity index (χ1) is 13.9. The molecule has 11 heteroatoms. The second-order valence-corrected chi connectivity index (χ2v) is 9.22. The summed E-state index contributed by atoms with van der Waals surface area (Å²) in [6, 6.07) is 7.99. The Bertz CT molecular complexity index is 1140. The van der Waals surface area contributed by atoms with Gasteiger partial charge in [0, 0.05) is 12.6 Å². The molecule has 0 fully saturated rings. The number of benzene rings is 2. The van der Waals surface area contributed by atoms with Crippen LogP contribution in [0.15, 0.2) is 40.7 Å². The van der Waals surface area contributed by atoms with E-state index in [9.17, 15) is 12.8 Å². The van der Waals surface area contributed by atoms with Crippen LogP contribution in [0.3, 0.4) is 0 Å². The van der Waals surface area contributed by atoms with Crippen LogP contribution in [0.4, 0.5) is 9.52 Å². The molecule has 0 unspecified atom stereocenters. The largest absolute Gasteiger partial charge is 0.487 e. The van der Waals surface area contributed by atoms with Gasteiger partial charge in [-0.3, -0.25) is 4.72 Å². The Kier molecular flexibility index (Phi) is 5.68. The third-order valence-electron chi connectivity index (χ3n) is 4.48. The Morgan fingerprint density at radius 2 is 2.21 bits per heavy atom. The molecule has 4 rings (SSSR count). The number of rotatable bonds is 6. The summed E-state index contributed by atoms with van der Waals surface area (Å²) in [6.07, 6.45) is 0.937. The number of ether oxygens (including phenoxy) is 1. The maximum atomic E-state index is 14.6. The van der Waals surface area contributed by atoms with E-state index in [0.717, 1.165) is 54.1 Å². The topological polar surface area (TPSA) is 93.2 Å². The first-order valence-corrected chi connectivity index (χ1v) is 11.4. The van der Waals surface area contributed by atoms with E-state index in [-0.39, 0.29) is 22.5 Å². The third kappa shape index (κ3) is 4.35. The van der Waals surface area contributed by atoms with Gasteiger partial charge in [0.05, 0.1) is 5.02 Å². The van der Waals surface area contributed by atoms with Crippen molar-refractivity contribution in [2.24, 2.45) is 0 Å². The van der Waals surface area contributed by atoms with Gasteiger partial charge in [0.15, 0.2) is 0 Å². The normalized spacial score (nSPS) is 13.7. The van der Waals surface area contributed by atoms with Crippen molar-refractivity contribution in [3.8, 4) is 5.75 Å². The molecule has 7 nitrogen and oxygen atoms in total. The van der Waals surface area contributed by atoms with Gasteiger partial charge in [0.2, 0.25) is 5.13 Å². The molecule has 0 amide bonds. The van der Waals surface area contributed by atoms with E-state index in [4.69, 9.17) is 16.3 Å². The fraction of sp³-hybridized carbons (Fsp3) is 0.222. The maximum Gasteiger partial charge on any atom is 0.266 e. The molecule has 0 radical (unpaired) electrons. The lowest BCUT2D eigenvalue weighted by atomic mass is 9.96. The first kappa shape index (κ1) is 20.0. The number of sulfonamides is 1. The van der Waals surface area contributed by atoms with Gasteiger partial charge >= 0.3 is 0 Å². The standard InChI is InChI=1S/C18H16ClFN4O3S2/c19-14-6-17(29(25,26)24-18-23-22-10-28-18)15(20)7-16(14)27-9-12-3-1-2-11-4-5-21-8-13(11)12/h1-3,6-7,10,21H,4-5,8-9H2,(H,23,24). The fourth-order valence-corrected chi connectivity index (χ4v) is 5.15. The number of nitrogens with one attached hydrogen (secondary N) is 2. The maximum absolute atomic E-state index is 14.6. The van der Waals surface area contributed by atoms with Crippen LogP contribution in [0.5, 0.6) is 5.75 Å². The predicted octanol–water partition coefficient (Wildman–Crippen LogP) is 3.36. The SMILES string of the molecule is O=S(=O)(Nc1nncs1)c1cc(Cl)c(OCc2cccc3c2CNCC3)cc1F. The number of aromatic nitrogens is 2. The van der Waals surface area contributed by atoms with Crippen molar-refractivity contribution < 1.29 is 17.5 Å². The molecular weight excluding hydrogens is 439 g/mol.